The predicted molar refractivity (Wildman–Crippen MR) is 178 cm³/mol. The molecule has 5 aromatic rings. The number of rotatable bonds is 14. The molecule has 17 nitrogen and oxygen atoms in total. The first-order valence-corrected chi connectivity index (χ1v) is 17.6. The third-order valence-electron chi connectivity index (χ3n) is 6.59. The van der Waals surface area contributed by atoms with Gasteiger partial charge in [0.1, 0.15) is 11.5 Å². The van der Waals surface area contributed by atoms with Gasteiger partial charge in [0.25, 0.3) is 5.91 Å². The number of hydrogen-bond donors (Lipinski definition) is 3. The van der Waals surface area contributed by atoms with Crippen LogP contribution in [-0.2, 0) is 33.8 Å². The van der Waals surface area contributed by atoms with Crippen molar-refractivity contribution >= 4 is 77.5 Å². The van der Waals surface area contributed by atoms with Gasteiger partial charge in [-0.1, -0.05) is 13.5 Å². The molecule has 0 saturated carbocycles. The van der Waals surface area contributed by atoms with Gasteiger partial charge in [-0.05, 0) is 72.1 Å². The summed E-state index contributed by atoms with van der Waals surface area (Å²) in [5.74, 6) is -3.02. The van der Waals surface area contributed by atoms with Crippen molar-refractivity contribution in [3.8, 4) is 5.75 Å². The van der Waals surface area contributed by atoms with Gasteiger partial charge in [0.2, 0.25) is 16.3 Å². The van der Waals surface area contributed by atoms with Crippen molar-refractivity contribution in [2.75, 3.05) is 23.0 Å². The largest absolute Gasteiger partial charge is 1.00 e. The Morgan fingerprint density at radius 3 is 2.20 bits per heavy atom. The molecule has 1 heterocycles. The van der Waals surface area contributed by atoms with E-state index in [1.54, 1.807) is 6.07 Å². The summed E-state index contributed by atoms with van der Waals surface area (Å²) in [6, 6.07) is 17.6. The Kier molecular flexibility index (Phi) is 17.9. The van der Waals surface area contributed by atoms with E-state index >= 15 is 0 Å². The molecule has 0 spiro atoms. The number of aromatic nitrogens is 2. The van der Waals surface area contributed by atoms with Crippen LogP contribution in [0.3, 0.4) is 0 Å². The second kappa shape index (κ2) is 20.6. The fourth-order valence-electron chi connectivity index (χ4n) is 4.33. The summed E-state index contributed by atoms with van der Waals surface area (Å²) in [5.41, 5.74) is 0.785. The van der Waals surface area contributed by atoms with Crippen LogP contribution in [0, 0.1) is 12.0 Å². The molecule has 54 heavy (non-hydrogen) atoms. The van der Waals surface area contributed by atoms with Crippen molar-refractivity contribution in [1.29, 1.82) is 0 Å². The fourth-order valence-corrected chi connectivity index (χ4v) is 6.31. The smallest absolute Gasteiger partial charge is 0.726 e. The van der Waals surface area contributed by atoms with Gasteiger partial charge < -0.3 is 25.6 Å². The molecular formula is C30H24F2N6Na2O11S3. The molecule has 0 aliphatic rings. The van der Waals surface area contributed by atoms with Gasteiger partial charge in [-0.3, -0.25) is 14.0 Å². The standard InChI is InChI=1S/C29H22F2N6O11S3.CH4.2Na/c30-24-15-25(35-29(31)34-24)32-20-6-3-17-13-23(49-48-47-40)26(27(38)22(17)14-20)37-36-19-4-1-16(2-5-19)28(39)33-18-7-9-21(10-8-18)50(41,42)12-11-46-51(43,44)45;;;/h1-10,13-15,38,40H,11-12H2,(H,33,39)(H,32,34,35)(H,43,44,45);1H4;;/q;;2*+1/p-2. The second-order valence-electron chi connectivity index (χ2n) is 9.97. The van der Waals surface area contributed by atoms with Crippen molar-refractivity contribution in [2.45, 2.75) is 17.2 Å². The van der Waals surface area contributed by atoms with Crippen molar-refractivity contribution in [3.63, 3.8) is 0 Å². The van der Waals surface area contributed by atoms with E-state index < -0.39 is 56.3 Å². The first-order valence-electron chi connectivity index (χ1n) is 13.9. The van der Waals surface area contributed by atoms with Gasteiger partial charge in [0, 0.05) is 28.4 Å². The molecule has 0 atom stereocenters. The van der Waals surface area contributed by atoms with E-state index in [1.807, 2.05) is 0 Å². The number of nitrogens with one attached hydrogen (secondary N) is 2. The molecule has 0 radical (unpaired) electrons. The number of phenolic OH excluding ortho intramolecular Hbond substituents is 1. The average Bonchev–Trinajstić information content (AvgIpc) is 3.06. The minimum atomic E-state index is -5.04. The van der Waals surface area contributed by atoms with E-state index in [0.717, 1.165) is 6.07 Å². The number of sulfone groups is 1. The van der Waals surface area contributed by atoms with Gasteiger partial charge in [-0.25, -0.2) is 16.8 Å². The molecule has 1 aromatic heterocycles. The Bertz CT molecular complexity index is 2330. The zero-order chi connectivity index (χ0) is 36.8. The molecule has 0 bridgehead atoms. The van der Waals surface area contributed by atoms with Gasteiger partial charge in [0.15, 0.2) is 15.6 Å². The molecule has 0 unspecified atom stereocenters. The number of phenols is 1. The topological polar surface area (TPSA) is 254 Å². The van der Waals surface area contributed by atoms with Crippen LogP contribution in [0.1, 0.15) is 17.8 Å². The van der Waals surface area contributed by atoms with Crippen molar-refractivity contribution in [1.82, 2.24) is 9.97 Å². The SMILES string of the molecule is C.O=C(Nc1ccc(S(=O)(=O)CCOS(=O)(=O)[O-])cc1)c1ccc(N=Nc2c(SOO[O-])cc3ccc(Nc4cc(F)nc(F)n4)cc3c2O)cc1.[Na+].[Na+]. The maximum absolute atomic E-state index is 13.5. The fraction of sp³-hybridized carbons (Fsp3) is 0.100. The summed E-state index contributed by atoms with van der Waals surface area (Å²) in [6.07, 6.45) is -1.29. The van der Waals surface area contributed by atoms with E-state index in [4.69, 9.17) is 0 Å². The van der Waals surface area contributed by atoms with E-state index in [1.165, 1.54) is 66.7 Å². The number of fused-ring (bicyclic) bond motifs is 1. The Morgan fingerprint density at radius 1 is 0.907 bits per heavy atom. The van der Waals surface area contributed by atoms with Gasteiger partial charge in [-0.15, -0.1) is 5.11 Å². The first kappa shape index (κ1) is 47.0. The molecule has 274 valence electrons. The van der Waals surface area contributed by atoms with Crippen molar-refractivity contribution in [3.05, 3.63) is 96.5 Å². The van der Waals surface area contributed by atoms with Crippen LogP contribution in [0.5, 0.6) is 5.75 Å². The van der Waals surface area contributed by atoms with Gasteiger partial charge in [0.05, 0.1) is 39.9 Å². The number of benzene rings is 4. The van der Waals surface area contributed by atoms with E-state index in [0.29, 0.717) is 17.4 Å². The van der Waals surface area contributed by atoms with Crippen LogP contribution in [0.4, 0.5) is 37.3 Å². The molecule has 4 aromatic carbocycles. The molecule has 3 N–H and O–H groups in total. The predicted octanol–water partition coefficient (Wildman–Crippen LogP) is -0.850. The van der Waals surface area contributed by atoms with Crippen LogP contribution in [-0.4, -0.2) is 54.7 Å². The first-order chi connectivity index (χ1) is 24.2. The van der Waals surface area contributed by atoms with Crippen molar-refractivity contribution < 1.29 is 118 Å². The molecule has 0 saturated heterocycles. The molecule has 1 amide bonds. The zero-order valence-electron chi connectivity index (χ0n) is 27.2. The second-order valence-corrected chi connectivity index (χ2v) is 13.9. The number of carbonyl (C=O) groups excluding carboxylic acids is 1. The molecule has 5 rings (SSSR count). The Hall–Kier alpha value is -3.20. The van der Waals surface area contributed by atoms with Crippen LogP contribution >= 0.6 is 12.0 Å². The quantitative estimate of drug-likeness (QED) is 0.0142. The number of amides is 1. The number of carbonyl (C=O) groups is 1. The minimum Gasteiger partial charge on any atom is -0.726 e. The summed E-state index contributed by atoms with van der Waals surface area (Å²) in [5, 5.41) is 39.2. The van der Waals surface area contributed by atoms with Gasteiger partial charge >= 0.3 is 65.2 Å². The zero-order valence-corrected chi connectivity index (χ0v) is 33.7. The van der Waals surface area contributed by atoms with Crippen LogP contribution in [0.25, 0.3) is 10.8 Å². The van der Waals surface area contributed by atoms with E-state index in [9.17, 15) is 45.3 Å². The Balaban J connectivity index is 0.00000336. The number of aromatic hydroxyl groups is 1. The van der Waals surface area contributed by atoms with Crippen molar-refractivity contribution in [2.24, 2.45) is 10.2 Å². The van der Waals surface area contributed by atoms with Crippen LogP contribution in [0.2, 0.25) is 0 Å². The summed E-state index contributed by atoms with van der Waals surface area (Å²) < 4.78 is 91.6. The summed E-state index contributed by atoms with van der Waals surface area (Å²) >= 11 is 0.445. The summed E-state index contributed by atoms with van der Waals surface area (Å²) in [6.45, 7) is -0.852. The molecular weight excluding hydrogens is 801 g/mol. The number of azo groups is 1. The third-order valence-corrected chi connectivity index (χ3v) is 9.35. The number of anilines is 3. The molecule has 24 heteroatoms. The number of nitrogens with zero attached hydrogens (tertiary/aromatic N) is 4. The summed E-state index contributed by atoms with van der Waals surface area (Å²) in [7, 11) is -9.03. The molecule has 0 aliphatic heterocycles. The monoisotopic (exact) mass is 824 g/mol. The average molecular weight is 825 g/mol. The van der Waals surface area contributed by atoms with Crippen LogP contribution < -0.4 is 75.0 Å². The van der Waals surface area contributed by atoms with E-state index in [2.05, 4.69) is 44.4 Å². The summed E-state index contributed by atoms with van der Waals surface area (Å²) in [4.78, 5) is 19.1. The Labute approximate surface area is 355 Å². The maximum atomic E-state index is 13.5. The maximum Gasteiger partial charge on any atom is 1.00 e. The minimum absolute atomic E-state index is 0. The van der Waals surface area contributed by atoms with Crippen LogP contribution in [0.15, 0.2) is 98.9 Å². The van der Waals surface area contributed by atoms with Gasteiger partial charge in [-0.2, -0.15) is 28.2 Å². The third kappa shape index (κ3) is 12.9. The van der Waals surface area contributed by atoms with E-state index in [-0.39, 0.29) is 116 Å². The number of halogens is 2. The normalized spacial score (nSPS) is 11.3. The number of hydrogen-bond acceptors (Lipinski definition) is 17. The molecule has 0 fully saturated rings. The molecule has 0 aliphatic carbocycles. The Morgan fingerprint density at radius 2 is 1.57 bits per heavy atom.